The molecule has 2 nitrogen and oxygen atoms in total. The fourth-order valence-corrected chi connectivity index (χ4v) is 1.20. The summed E-state index contributed by atoms with van der Waals surface area (Å²) >= 11 is 0. The van der Waals surface area contributed by atoms with Crippen molar-refractivity contribution in [2.24, 2.45) is 0 Å². The quantitative estimate of drug-likeness (QED) is 0.450. The van der Waals surface area contributed by atoms with Gasteiger partial charge in [-0.15, -0.1) is 5.54 Å². The molecule has 0 saturated carbocycles. The molecule has 1 aromatic rings. The van der Waals surface area contributed by atoms with Gasteiger partial charge in [-0.05, 0) is 6.07 Å². The summed E-state index contributed by atoms with van der Waals surface area (Å²) in [5.41, 5.74) is 3.07. The van der Waals surface area contributed by atoms with Crippen molar-refractivity contribution in [3.05, 3.63) is 34.7 Å². The van der Waals surface area contributed by atoms with Crippen molar-refractivity contribution in [1.29, 1.82) is 0 Å². The molecule has 0 N–H and O–H groups in total. The molecule has 0 atom stereocenters. The van der Waals surface area contributed by atoms with Gasteiger partial charge in [0.1, 0.15) is 8.07 Å². The zero-order valence-corrected chi connectivity index (χ0v) is 9.16. The molecule has 0 fully saturated rings. The van der Waals surface area contributed by atoms with Crippen LogP contribution in [0, 0.1) is 11.6 Å². The normalized spacial score (nSPS) is 10.4. The maximum atomic E-state index is 11.2. The Morgan fingerprint density at radius 2 is 2.00 bits per heavy atom. The highest BCUT2D eigenvalue weighted by Gasteiger charge is 2.07. The van der Waals surface area contributed by atoms with Crippen LogP contribution in [-0.4, -0.2) is 12.6 Å². The Balaban J connectivity index is 3.04. The lowest BCUT2D eigenvalue weighted by Crippen LogP contribution is -2.19. The van der Waals surface area contributed by atoms with E-state index in [1.54, 1.807) is 18.3 Å². The van der Waals surface area contributed by atoms with Crippen LogP contribution in [0.15, 0.2) is 29.2 Å². The minimum atomic E-state index is -1.38. The van der Waals surface area contributed by atoms with Crippen molar-refractivity contribution < 1.29 is 0 Å². The minimum absolute atomic E-state index is 0.0618. The Hall–Kier alpha value is -1.27. The molecule has 13 heavy (non-hydrogen) atoms. The second-order valence-electron chi connectivity index (χ2n) is 3.90. The molecule has 0 aromatic carbocycles. The van der Waals surface area contributed by atoms with Crippen molar-refractivity contribution in [2.75, 3.05) is 0 Å². The van der Waals surface area contributed by atoms with Crippen LogP contribution in [0.3, 0.4) is 0 Å². The summed E-state index contributed by atoms with van der Waals surface area (Å²) in [6.45, 7) is 6.44. The first-order valence-corrected chi connectivity index (χ1v) is 7.70. The summed E-state index contributed by atoms with van der Waals surface area (Å²) < 4.78 is 1.43. The van der Waals surface area contributed by atoms with Gasteiger partial charge in [0.2, 0.25) is 0 Å². The number of hydrogen-bond acceptors (Lipinski definition) is 1. The van der Waals surface area contributed by atoms with Crippen LogP contribution in [0.2, 0.25) is 19.6 Å². The lowest BCUT2D eigenvalue weighted by atomic mass is 10.5. The fraction of sp³-hybridized carbons (Fsp3) is 0.300. The molecular formula is C10H13NOSi. The standard InChI is InChI=1S/C10H13NOSi/c1-13(2,3)9-8-11-7-5-4-6-10(11)12/h4-7H,1-3H3. The third-order valence-corrected chi connectivity index (χ3v) is 2.24. The molecule has 0 spiro atoms. The van der Waals surface area contributed by atoms with E-state index < -0.39 is 8.07 Å². The summed E-state index contributed by atoms with van der Waals surface area (Å²) in [5.74, 6) is 0. The zero-order chi connectivity index (χ0) is 9.90. The molecule has 1 aromatic heterocycles. The average Bonchev–Trinajstić information content (AvgIpc) is 2.01. The number of nitrogens with zero attached hydrogens (tertiary/aromatic N) is 1. The molecule has 0 aliphatic carbocycles. The van der Waals surface area contributed by atoms with E-state index in [2.05, 4.69) is 31.2 Å². The van der Waals surface area contributed by atoms with Crippen LogP contribution in [0.4, 0.5) is 0 Å². The summed E-state index contributed by atoms with van der Waals surface area (Å²) in [5, 5.41) is 0. The van der Waals surface area contributed by atoms with Gasteiger partial charge in [-0.2, -0.15) is 0 Å². The van der Waals surface area contributed by atoms with Crippen LogP contribution in [0.1, 0.15) is 0 Å². The first-order chi connectivity index (χ1) is 5.99. The van der Waals surface area contributed by atoms with Crippen molar-refractivity contribution in [3.8, 4) is 11.6 Å². The Morgan fingerprint density at radius 3 is 2.54 bits per heavy atom. The van der Waals surface area contributed by atoms with Gasteiger partial charge in [0, 0.05) is 18.3 Å². The molecule has 0 aliphatic rings. The van der Waals surface area contributed by atoms with Gasteiger partial charge in [-0.1, -0.05) is 25.7 Å². The largest absolute Gasteiger partial charge is 0.268 e. The Labute approximate surface area is 79.2 Å². The monoisotopic (exact) mass is 191 g/mol. The van der Waals surface area contributed by atoms with Crippen molar-refractivity contribution >= 4 is 8.07 Å². The second kappa shape index (κ2) is 3.63. The smallest absolute Gasteiger partial charge is 0.262 e. The van der Waals surface area contributed by atoms with E-state index in [4.69, 9.17) is 0 Å². The number of pyridine rings is 1. The van der Waals surface area contributed by atoms with Gasteiger partial charge in [0.25, 0.3) is 5.56 Å². The molecular weight excluding hydrogens is 178 g/mol. The van der Waals surface area contributed by atoms with E-state index in [1.165, 1.54) is 10.6 Å². The molecule has 0 amide bonds. The highest BCUT2D eigenvalue weighted by Crippen LogP contribution is 1.95. The van der Waals surface area contributed by atoms with Gasteiger partial charge >= 0.3 is 0 Å². The minimum Gasteiger partial charge on any atom is -0.268 e. The highest BCUT2D eigenvalue weighted by molar-refractivity contribution is 6.83. The van der Waals surface area contributed by atoms with E-state index >= 15 is 0 Å². The average molecular weight is 191 g/mol. The van der Waals surface area contributed by atoms with E-state index in [-0.39, 0.29) is 5.56 Å². The lowest BCUT2D eigenvalue weighted by Gasteiger charge is -2.03. The number of aromatic nitrogens is 1. The topological polar surface area (TPSA) is 22.0 Å². The molecule has 1 rings (SSSR count). The molecule has 0 unspecified atom stereocenters. The predicted octanol–water partition coefficient (Wildman–Crippen LogP) is 1.53. The third kappa shape index (κ3) is 3.30. The van der Waals surface area contributed by atoms with Gasteiger partial charge in [0.05, 0.1) is 0 Å². The van der Waals surface area contributed by atoms with Crippen LogP contribution in [0.5, 0.6) is 0 Å². The predicted molar refractivity (Wildman–Crippen MR) is 57.2 cm³/mol. The summed E-state index contributed by atoms with van der Waals surface area (Å²) in [7, 11) is -1.38. The Morgan fingerprint density at radius 1 is 1.31 bits per heavy atom. The lowest BCUT2D eigenvalue weighted by molar-refractivity contribution is 1.04. The van der Waals surface area contributed by atoms with Crippen LogP contribution < -0.4 is 5.56 Å². The summed E-state index contributed by atoms with van der Waals surface area (Å²) in [4.78, 5) is 11.2. The SMILES string of the molecule is C[Si](C)(C)C#Cn1ccccc1=O. The van der Waals surface area contributed by atoms with Gasteiger partial charge in [-0.25, -0.2) is 4.57 Å². The van der Waals surface area contributed by atoms with Crippen LogP contribution in [-0.2, 0) is 0 Å². The van der Waals surface area contributed by atoms with Crippen LogP contribution in [0.25, 0.3) is 0 Å². The highest BCUT2D eigenvalue weighted by atomic mass is 28.3. The van der Waals surface area contributed by atoms with Gasteiger partial charge in [-0.3, -0.25) is 4.79 Å². The van der Waals surface area contributed by atoms with Gasteiger partial charge in [0.15, 0.2) is 0 Å². The molecule has 68 valence electrons. The van der Waals surface area contributed by atoms with Crippen molar-refractivity contribution in [1.82, 2.24) is 4.57 Å². The number of hydrogen-bond donors (Lipinski definition) is 0. The van der Waals surface area contributed by atoms with Crippen molar-refractivity contribution in [3.63, 3.8) is 0 Å². The summed E-state index contributed by atoms with van der Waals surface area (Å²) in [6.07, 6.45) is 1.69. The fourth-order valence-electron chi connectivity index (χ4n) is 0.748. The zero-order valence-electron chi connectivity index (χ0n) is 8.16. The molecule has 0 bridgehead atoms. The molecule has 1 heterocycles. The van der Waals surface area contributed by atoms with Crippen LogP contribution >= 0.6 is 0 Å². The van der Waals surface area contributed by atoms with Gasteiger partial charge < -0.3 is 0 Å². The van der Waals surface area contributed by atoms with E-state index in [0.29, 0.717) is 0 Å². The molecule has 0 radical (unpaired) electrons. The first kappa shape index (κ1) is 9.81. The number of rotatable bonds is 0. The second-order valence-corrected chi connectivity index (χ2v) is 8.65. The van der Waals surface area contributed by atoms with E-state index in [9.17, 15) is 4.79 Å². The molecule has 0 aliphatic heterocycles. The Kier molecular flexibility index (Phi) is 2.74. The third-order valence-electron chi connectivity index (χ3n) is 1.37. The maximum Gasteiger partial charge on any atom is 0.262 e. The molecule has 3 heteroatoms. The maximum absolute atomic E-state index is 11.2. The van der Waals surface area contributed by atoms with Crippen molar-refractivity contribution in [2.45, 2.75) is 19.6 Å². The Bertz CT molecular complexity index is 403. The molecule has 0 saturated heterocycles. The van der Waals surface area contributed by atoms with E-state index in [1.807, 2.05) is 0 Å². The summed E-state index contributed by atoms with van der Waals surface area (Å²) in [6, 6.07) is 7.90. The van der Waals surface area contributed by atoms with E-state index in [0.717, 1.165) is 0 Å². The first-order valence-electron chi connectivity index (χ1n) is 4.20.